The number of nitrogens with two attached hydrogens (primary N) is 1. The molecule has 24 heavy (non-hydrogen) atoms. The maximum Gasteiger partial charge on any atom is 0.417 e. The molecule has 132 valence electrons. The molecule has 9 heteroatoms. The summed E-state index contributed by atoms with van der Waals surface area (Å²) in [5.74, 6) is 0.205. The summed E-state index contributed by atoms with van der Waals surface area (Å²) >= 11 is 1.63. The first-order chi connectivity index (χ1) is 11.1. The van der Waals surface area contributed by atoms with Crippen molar-refractivity contribution in [2.45, 2.75) is 24.4 Å². The second-order valence-corrected chi connectivity index (χ2v) is 8.09. The first kappa shape index (κ1) is 18.8. The summed E-state index contributed by atoms with van der Waals surface area (Å²) in [6.45, 7) is 2.44. The van der Waals surface area contributed by atoms with Crippen LogP contribution in [0.2, 0.25) is 0 Å². The molecule has 4 nitrogen and oxygen atoms in total. The first-order valence-corrected chi connectivity index (χ1v) is 9.50. The highest BCUT2D eigenvalue weighted by Crippen LogP contribution is 2.35. The van der Waals surface area contributed by atoms with E-state index in [0.29, 0.717) is 6.54 Å². The number of hydrogen-bond acceptors (Lipinski definition) is 4. The summed E-state index contributed by atoms with van der Waals surface area (Å²) in [5.41, 5.74) is -1.06. The van der Waals surface area contributed by atoms with Crippen LogP contribution >= 0.6 is 11.3 Å². The maximum absolute atomic E-state index is 13.1. The molecule has 0 aliphatic heterocycles. The number of primary sulfonamides is 1. The molecule has 3 N–H and O–H groups in total. The van der Waals surface area contributed by atoms with Gasteiger partial charge in [-0.3, -0.25) is 0 Å². The van der Waals surface area contributed by atoms with Gasteiger partial charge in [0.05, 0.1) is 10.5 Å². The summed E-state index contributed by atoms with van der Waals surface area (Å²) < 4.78 is 61.8. The van der Waals surface area contributed by atoms with E-state index in [2.05, 4.69) is 5.32 Å². The van der Waals surface area contributed by atoms with Gasteiger partial charge in [-0.25, -0.2) is 13.6 Å². The van der Waals surface area contributed by atoms with Crippen LogP contribution in [0.25, 0.3) is 0 Å². The van der Waals surface area contributed by atoms with E-state index < -0.39 is 26.7 Å². The van der Waals surface area contributed by atoms with Gasteiger partial charge >= 0.3 is 6.18 Å². The molecule has 2 rings (SSSR count). The van der Waals surface area contributed by atoms with Crippen LogP contribution in [0.4, 0.5) is 18.9 Å². The average molecular weight is 378 g/mol. The summed E-state index contributed by atoms with van der Waals surface area (Å²) in [6.07, 6.45) is -3.99. The smallest absolute Gasteiger partial charge is 0.385 e. The highest BCUT2D eigenvalue weighted by Gasteiger charge is 2.36. The average Bonchev–Trinajstić information content (AvgIpc) is 2.95. The molecular formula is C15H17F3N2O2S2. The van der Waals surface area contributed by atoms with Crippen molar-refractivity contribution in [3.8, 4) is 0 Å². The molecule has 0 amide bonds. The van der Waals surface area contributed by atoms with E-state index in [9.17, 15) is 21.6 Å². The standard InChI is InChI=1S/C15H17F3N2O2S2/c1-10(7-12-3-2-6-23-12)9-20-11-4-5-14(24(19,21)22)13(8-11)15(16,17)18/h2-6,8,10,20H,7,9H2,1H3,(H2,19,21,22). The van der Waals surface area contributed by atoms with E-state index in [4.69, 9.17) is 5.14 Å². The van der Waals surface area contributed by atoms with Crippen molar-refractivity contribution in [2.24, 2.45) is 11.1 Å². The maximum atomic E-state index is 13.1. The van der Waals surface area contributed by atoms with Crippen LogP contribution in [0.3, 0.4) is 0 Å². The molecule has 1 unspecified atom stereocenters. The van der Waals surface area contributed by atoms with Crippen molar-refractivity contribution < 1.29 is 21.6 Å². The third-order valence-electron chi connectivity index (χ3n) is 3.38. The van der Waals surface area contributed by atoms with Gasteiger partial charge in [-0.15, -0.1) is 11.3 Å². The van der Waals surface area contributed by atoms with Gasteiger partial charge in [0.15, 0.2) is 0 Å². The Bertz CT molecular complexity index is 788. The molecule has 0 fully saturated rings. The minimum absolute atomic E-state index is 0.202. The molecule has 0 radical (unpaired) electrons. The molecule has 0 aliphatic rings. The van der Waals surface area contributed by atoms with Gasteiger partial charge in [-0.05, 0) is 42.0 Å². The molecule has 0 saturated heterocycles. The van der Waals surface area contributed by atoms with E-state index in [0.717, 1.165) is 18.6 Å². The molecule has 1 aromatic heterocycles. The monoisotopic (exact) mass is 378 g/mol. The van der Waals surface area contributed by atoms with Crippen LogP contribution < -0.4 is 10.5 Å². The summed E-state index contributed by atoms with van der Waals surface area (Å²) in [5, 5.41) is 9.74. The van der Waals surface area contributed by atoms with Crippen molar-refractivity contribution >= 4 is 27.0 Å². The van der Waals surface area contributed by atoms with E-state index in [-0.39, 0.29) is 11.6 Å². The Kier molecular flexibility index (Phi) is 5.56. The molecule has 0 spiro atoms. The fourth-order valence-corrected chi connectivity index (χ4v) is 3.85. The summed E-state index contributed by atoms with van der Waals surface area (Å²) in [7, 11) is -4.45. The number of rotatable bonds is 6. The summed E-state index contributed by atoms with van der Waals surface area (Å²) in [4.78, 5) is 0.275. The first-order valence-electron chi connectivity index (χ1n) is 7.07. The quantitative estimate of drug-likeness (QED) is 0.805. The SMILES string of the molecule is CC(CNc1ccc(S(N)(=O)=O)c(C(F)(F)F)c1)Cc1cccs1. The molecule has 0 saturated carbocycles. The van der Waals surface area contributed by atoms with Gasteiger partial charge in [0.1, 0.15) is 0 Å². The van der Waals surface area contributed by atoms with Gasteiger partial charge < -0.3 is 5.32 Å². The van der Waals surface area contributed by atoms with E-state index in [1.165, 1.54) is 10.9 Å². The lowest BCUT2D eigenvalue weighted by molar-refractivity contribution is -0.139. The number of halogens is 3. The molecule has 2 aromatic rings. The van der Waals surface area contributed by atoms with E-state index in [1.54, 1.807) is 11.3 Å². The zero-order chi connectivity index (χ0) is 18.0. The van der Waals surface area contributed by atoms with Crippen molar-refractivity contribution in [2.75, 3.05) is 11.9 Å². The molecule has 1 heterocycles. The van der Waals surface area contributed by atoms with Crippen molar-refractivity contribution in [1.29, 1.82) is 0 Å². The van der Waals surface area contributed by atoms with Crippen molar-refractivity contribution in [3.63, 3.8) is 0 Å². The lowest BCUT2D eigenvalue weighted by Crippen LogP contribution is -2.20. The zero-order valence-corrected chi connectivity index (χ0v) is 14.4. The number of sulfonamides is 1. The molecule has 1 aromatic carbocycles. The van der Waals surface area contributed by atoms with E-state index >= 15 is 0 Å². The number of benzene rings is 1. The minimum Gasteiger partial charge on any atom is -0.385 e. The zero-order valence-electron chi connectivity index (χ0n) is 12.8. The second-order valence-electron chi connectivity index (χ2n) is 5.52. The predicted octanol–water partition coefficient (Wildman–Crippen LogP) is 3.71. The Balaban J connectivity index is 2.14. The Labute approximate surface area is 142 Å². The van der Waals surface area contributed by atoms with Crippen molar-refractivity contribution in [1.82, 2.24) is 0 Å². The number of anilines is 1. The normalized spacial score (nSPS) is 13.7. The van der Waals surface area contributed by atoms with Crippen LogP contribution in [-0.2, 0) is 22.6 Å². The van der Waals surface area contributed by atoms with E-state index in [1.807, 2.05) is 24.4 Å². The van der Waals surface area contributed by atoms with Crippen molar-refractivity contribution in [3.05, 3.63) is 46.2 Å². The van der Waals surface area contributed by atoms with Gasteiger partial charge in [0.25, 0.3) is 0 Å². The Morgan fingerprint density at radius 3 is 2.54 bits per heavy atom. The number of thiophene rings is 1. The van der Waals surface area contributed by atoms with Crippen LogP contribution in [0.1, 0.15) is 17.4 Å². The Morgan fingerprint density at radius 1 is 1.29 bits per heavy atom. The van der Waals surface area contributed by atoms with Gasteiger partial charge in [0.2, 0.25) is 10.0 Å². The van der Waals surface area contributed by atoms with Gasteiger partial charge in [0, 0.05) is 17.1 Å². The lowest BCUT2D eigenvalue weighted by atomic mass is 10.1. The Morgan fingerprint density at radius 2 is 2.00 bits per heavy atom. The Hall–Kier alpha value is -1.58. The molecule has 0 aliphatic carbocycles. The third kappa shape index (κ3) is 4.96. The molecule has 0 bridgehead atoms. The molecule has 1 atom stereocenters. The van der Waals surface area contributed by atoms with Crippen LogP contribution in [0.5, 0.6) is 0 Å². The molecular weight excluding hydrogens is 361 g/mol. The van der Waals surface area contributed by atoms with Crippen LogP contribution in [-0.4, -0.2) is 15.0 Å². The number of nitrogens with one attached hydrogen (secondary N) is 1. The highest BCUT2D eigenvalue weighted by atomic mass is 32.2. The lowest BCUT2D eigenvalue weighted by Gasteiger charge is -2.16. The predicted molar refractivity (Wildman–Crippen MR) is 88.5 cm³/mol. The number of hydrogen-bond donors (Lipinski definition) is 2. The topological polar surface area (TPSA) is 72.2 Å². The fourth-order valence-electron chi connectivity index (χ4n) is 2.25. The fraction of sp³-hybridized carbons (Fsp3) is 0.333. The largest absolute Gasteiger partial charge is 0.417 e. The third-order valence-corrected chi connectivity index (χ3v) is 5.24. The van der Waals surface area contributed by atoms with Crippen LogP contribution in [0.15, 0.2) is 40.6 Å². The van der Waals surface area contributed by atoms with Crippen LogP contribution in [0, 0.1) is 5.92 Å². The number of alkyl halides is 3. The summed E-state index contributed by atoms with van der Waals surface area (Å²) in [6, 6.07) is 6.89. The van der Waals surface area contributed by atoms with Gasteiger partial charge in [-0.2, -0.15) is 13.2 Å². The second kappa shape index (κ2) is 7.12. The van der Waals surface area contributed by atoms with Gasteiger partial charge in [-0.1, -0.05) is 13.0 Å². The highest BCUT2D eigenvalue weighted by molar-refractivity contribution is 7.89. The minimum atomic E-state index is -4.80.